The predicted octanol–water partition coefficient (Wildman–Crippen LogP) is 1.64. The fourth-order valence-electron chi connectivity index (χ4n) is 1.02. The van der Waals surface area contributed by atoms with E-state index in [0.717, 1.165) is 16.3 Å². The van der Waals surface area contributed by atoms with E-state index in [1.807, 2.05) is 31.3 Å². The summed E-state index contributed by atoms with van der Waals surface area (Å²) in [7, 11) is 1.89. The van der Waals surface area contributed by atoms with Crippen molar-refractivity contribution in [2.24, 2.45) is 0 Å². The highest BCUT2D eigenvalue weighted by Crippen LogP contribution is 2.20. The molecule has 5 heteroatoms. The lowest BCUT2D eigenvalue weighted by Gasteiger charge is -1.99. The van der Waals surface area contributed by atoms with Crippen LogP contribution in [0.25, 0.3) is 10.6 Å². The lowest BCUT2D eigenvalue weighted by molar-refractivity contribution is 0.961. The standard InChI is InChI=1S/C8H8N4S/c1-9-7-4-2-6(3-5-7)8-10-11-12-13-8/h2-5,9H,1H3. The summed E-state index contributed by atoms with van der Waals surface area (Å²) in [5.41, 5.74) is 2.13. The van der Waals surface area contributed by atoms with Crippen LogP contribution in [-0.2, 0) is 0 Å². The van der Waals surface area contributed by atoms with E-state index in [4.69, 9.17) is 0 Å². The summed E-state index contributed by atoms with van der Waals surface area (Å²) in [5, 5.41) is 11.3. The summed E-state index contributed by atoms with van der Waals surface area (Å²) >= 11 is 1.30. The zero-order valence-corrected chi connectivity index (χ0v) is 7.88. The van der Waals surface area contributed by atoms with Gasteiger partial charge in [-0.3, -0.25) is 0 Å². The molecule has 0 bridgehead atoms. The topological polar surface area (TPSA) is 50.7 Å². The first kappa shape index (κ1) is 8.12. The number of nitrogens with zero attached hydrogens (tertiary/aromatic N) is 3. The van der Waals surface area contributed by atoms with Crippen molar-refractivity contribution in [3.8, 4) is 10.6 Å². The molecule has 0 unspecified atom stereocenters. The number of anilines is 1. The Bertz CT molecular complexity index is 368. The van der Waals surface area contributed by atoms with Crippen molar-refractivity contribution in [3.05, 3.63) is 24.3 Å². The van der Waals surface area contributed by atoms with Gasteiger partial charge in [-0.15, -0.1) is 5.10 Å². The molecular formula is C8H8N4S. The van der Waals surface area contributed by atoms with E-state index in [1.54, 1.807) is 0 Å². The van der Waals surface area contributed by atoms with E-state index < -0.39 is 0 Å². The molecule has 13 heavy (non-hydrogen) atoms. The number of benzene rings is 1. The highest BCUT2D eigenvalue weighted by molar-refractivity contribution is 7.08. The second kappa shape index (κ2) is 3.49. The minimum absolute atomic E-state index is 0.850. The van der Waals surface area contributed by atoms with Crippen LogP contribution >= 0.6 is 11.5 Å². The molecule has 1 heterocycles. The third kappa shape index (κ3) is 1.65. The fraction of sp³-hybridized carbons (Fsp3) is 0.125. The van der Waals surface area contributed by atoms with E-state index in [1.165, 1.54) is 11.5 Å². The van der Waals surface area contributed by atoms with Crippen molar-refractivity contribution < 1.29 is 0 Å². The van der Waals surface area contributed by atoms with Crippen molar-refractivity contribution in [2.75, 3.05) is 12.4 Å². The summed E-state index contributed by atoms with van der Waals surface area (Å²) in [6.45, 7) is 0. The third-order valence-electron chi connectivity index (χ3n) is 1.72. The number of hydrogen-bond donors (Lipinski definition) is 1. The molecule has 0 saturated carbocycles. The molecule has 0 aliphatic heterocycles. The van der Waals surface area contributed by atoms with Gasteiger partial charge in [-0.2, -0.15) is 0 Å². The largest absolute Gasteiger partial charge is 0.388 e. The SMILES string of the molecule is CNc1ccc(-c2nnns2)cc1. The zero-order chi connectivity index (χ0) is 9.10. The van der Waals surface area contributed by atoms with Gasteiger partial charge in [-0.25, -0.2) is 0 Å². The molecule has 1 N–H and O–H groups in total. The van der Waals surface area contributed by atoms with Crippen LogP contribution in [0.2, 0.25) is 0 Å². The molecule has 2 rings (SSSR count). The van der Waals surface area contributed by atoms with Crippen molar-refractivity contribution in [1.82, 2.24) is 14.8 Å². The van der Waals surface area contributed by atoms with Crippen LogP contribution in [0.4, 0.5) is 5.69 Å². The first-order valence-corrected chi connectivity index (χ1v) is 4.61. The Morgan fingerprint density at radius 1 is 1.23 bits per heavy atom. The van der Waals surface area contributed by atoms with Gasteiger partial charge < -0.3 is 5.32 Å². The molecule has 0 saturated heterocycles. The maximum atomic E-state index is 3.88. The van der Waals surface area contributed by atoms with Gasteiger partial charge >= 0.3 is 0 Å². The molecule has 2 aromatic rings. The van der Waals surface area contributed by atoms with Gasteiger partial charge in [-0.1, -0.05) is 4.49 Å². The van der Waals surface area contributed by atoms with Crippen molar-refractivity contribution in [1.29, 1.82) is 0 Å². The Balaban J connectivity index is 2.33. The Morgan fingerprint density at radius 2 is 2.00 bits per heavy atom. The first-order valence-electron chi connectivity index (χ1n) is 3.83. The van der Waals surface area contributed by atoms with Crippen LogP contribution < -0.4 is 5.32 Å². The molecule has 1 aromatic heterocycles. The Hall–Kier alpha value is -1.49. The molecule has 0 atom stereocenters. The fourth-order valence-corrected chi connectivity index (χ4v) is 1.49. The van der Waals surface area contributed by atoms with E-state index in [9.17, 15) is 0 Å². The average molecular weight is 192 g/mol. The minimum atomic E-state index is 0.850. The van der Waals surface area contributed by atoms with E-state index in [0.29, 0.717) is 0 Å². The first-order chi connectivity index (χ1) is 6.40. The number of aromatic nitrogens is 3. The zero-order valence-electron chi connectivity index (χ0n) is 7.06. The third-order valence-corrected chi connectivity index (χ3v) is 2.36. The Morgan fingerprint density at radius 3 is 2.54 bits per heavy atom. The van der Waals surface area contributed by atoms with Crippen LogP contribution in [0, 0.1) is 0 Å². The summed E-state index contributed by atoms with van der Waals surface area (Å²) in [6, 6.07) is 7.98. The van der Waals surface area contributed by atoms with Gasteiger partial charge in [-0.05, 0) is 29.5 Å². The van der Waals surface area contributed by atoms with Gasteiger partial charge in [0.25, 0.3) is 0 Å². The van der Waals surface area contributed by atoms with Crippen molar-refractivity contribution in [2.45, 2.75) is 0 Å². The summed E-state index contributed by atoms with van der Waals surface area (Å²) < 4.78 is 3.71. The number of rotatable bonds is 2. The second-order valence-electron chi connectivity index (χ2n) is 2.49. The Kier molecular flexibility index (Phi) is 2.18. The predicted molar refractivity (Wildman–Crippen MR) is 52.7 cm³/mol. The van der Waals surface area contributed by atoms with E-state index in [2.05, 4.69) is 20.1 Å². The second-order valence-corrected chi connectivity index (χ2v) is 3.23. The molecule has 0 aliphatic rings. The van der Waals surface area contributed by atoms with Crippen LogP contribution in [-0.4, -0.2) is 21.8 Å². The number of hydrogen-bond acceptors (Lipinski definition) is 5. The van der Waals surface area contributed by atoms with Crippen LogP contribution in [0.3, 0.4) is 0 Å². The molecule has 0 aliphatic carbocycles. The Labute approximate surface area is 79.8 Å². The minimum Gasteiger partial charge on any atom is -0.388 e. The normalized spacial score (nSPS) is 9.92. The van der Waals surface area contributed by atoms with E-state index in [-0.39, 0.29) is 0 Å². The molecular weight excluding hydrogens is 184 g/mol. The van der Waals surface area contributed by atoms with Crippen LogP contribution in [0.15, 0.2) is 24.3 Å². The van der Waals surface area contributed by atoms with Gasteiger partial charge in [0.15, 0.2) is 5.01 Å². The maximum Gasteiger partial charge on any atom is 0.168 e. The van der Waals surface area contributed by atoms with Gasteiger partial charge in [0.2, 0.25) is 0 Å². The molecule has 1 aromatic carbocycles. The number of nitrogens with one attached hydrogen (secondary N) is 1. The lowest BCUT2D eigenvalue weighted by Crippen LogP contribution is -1.86. The van der Waals surface area contributed by atoms with Crippen molar-refractivity contribution in [3.63, 3.8) is 0 Å². The molecule has 66 valence electrons. The van der Waals surface area contributed by atoms with Crippen molar-refractivity contribution >= 4 is 17.2 Å². The molecule has 0 fully saturated rings. The monoisotopic (exact) mass is 192 g/mol. The molecule has 0 amide bonds. The summed E-state index contributed by atoms with van der Waals surface area (Å²) in [4.78, 5) is 0. The van der Waals surface area contributed by atoms with Crippen LogP contribution in [0.1, 0.15) is 0 Å². The highest BCUT2D eigenvalue weighted by atomic mass is 32.1. The van der Waals surface area contributed by atoms with Crippen LogP contribution in [0.5, 0.6) is 0 Å². The maximum absolute atomic E-state index is 3.88. The highest BCUT2D eigenvalue weighted by Gasteiger charge is 2.00. The quantitative estimate of drug-likeness (QED) is 0.786. The van der Waals surface area contributed by atoms with Gasteiger partial charge in [0.05, 0.1) is 0 Å². The molecule has 0 spiro atoms. The molecule has 4 nitrogen and oxygen atoms in total. The van der Waals surface area contributed by atoms with Gasteiger partial charge in [0, 0.05) is 29.8 Å². The van der Waals surface area contributed by atoms with Gasteiger partial charge in [0.1, 0.15) is 0 Å². The summed E-state index contributed by atoms with van der Waals surface area (Å²) in [6.07, 6.45) is 0. The average Bonchev–Trinajstić information content (AvgIpc) is 2.71. The van der Waals surface area contributed by atoms with E-state index >= 15 is 0 Å². The molecule has 0 radical (unpaired) electrons. The lowest BCUT2D eigenvalue weighted by atomic mass is 10.2. The smallest absolute Gasteiger partial charge is 0.168 e. The summed E-state index contributed by atoms with van der Waals surface area (Å²) in [5.74, 6) is 0.